The first kappa shape index (κ1) is 20.2. The summed E-state index contributed by atoms with van der Waals surface area (Å²) >= 11 is 0. The number of aliphatic hydroxyl groups is 1. The van der Waals surface area contributed by atoms with E-state index in [1.54, 1.807) is 22.7 Å². The van der Waals surface area contributed by atoms with E-state index in [9.17, 15) is 9.90 Å². The largest absolute Gasteiger partial charge is 0.491 e. The van der Waals surface area contributed by atoms with Crippen molar-refractivity contribution in [1.82, 2.24) is 14.7 Å². The van der Waals surface area contributed by atoms with E-state index in [4.69, 9.17) is 4.74 Å². The van der Waals surface area contributed by atoms with Gasteiger partial charge in [-0.15, -0.1) is 0 Å². The summed E-state index contributed by atoms with van der Waals surface area (Å²) in [7, 11) is 1.78. The van der Waals surface area contributed by atoms with Gasteiger partial charge in [0.2, 0.25) is 0 Å². The Bertz CT molecular complexity index is 1030. The number of aliphatic hydroxyl groups excluding tert-OH is 1. The van der Waals surface area contributed by atoms with Gasteiger partial charge in [-0.25, -0.2) is 0 Å². The molecule has 1 aromatic heterocycles. The maximum atomic E-state index is 13.0. The molecular formula is C24H27N3O3. The zero-order chi connectivity index (χ0) is 21.1. The third-order valence-corrected chi connectivity index (χ3v) is 5.51. The van der Waals surface area contributed by atoms with Crippen LogP contribution in [0.5, 0.6) is 5.75 Å². The van der Waals surface area contributed by atoms with Gasteiger partial charge in [0, 0.05) is 19.2 Å². The highest BCUT2D eigenvalue weighted by Gasteiger charge is 2.24. The van der Waals surface area contributed by atoms with E-state index in [0.717, 1.165) is 29.0 Å². The van der Waals surface area contributed by atoms with Crippen LogP contribution in [0.3, 0.4) is 0 Å². The lowest BCUT2D eigenvalue weighted by atomic mass is 9.99. The molecule has 2 heterocycles. The van der Waals surface area contributed by atoms with Crippen LogP contribution in [0, 0.1) is 6.92 Å². The van der Waals surface area contributed by atoms with Crippen molar-refractivity contribution in [2.24, 2.45) is 7.05 Å². The van der Waals surface area contributed by atoms with Crippen molar-refractivity contribution in [3.8, 4) is 5.75 Å². The number of carbonyl (C=O) groups excluding carboxylic acids is 1. The molecule has 1 aliphatic rings. The molecule has 1 aliphatic heterocycles. The minimum atomic E-state index is -0.567. The molecule has 0 saturated carbocycles. The van der Waals surface area contributed by atoms with Gasteiger partial charge in [0.1, 0.15) is 18.1 Å². The van der Waals surface area contributed by atoms with Crippen LogP contribution in [0.15, 0.2) is 54.6 Å². The van der Waals surface area contributed by atoms with Crippen LogP contribution in [-0.2, 0) is 20.0 Å². The zero-order valence-electron chi connectivity index (χ0n) is 17.4. The van der Waals surface area contributed by atoms with Crippen LogP contribution in [-0.4, -0.2) is 38.8 Å². The Labute approximate surface area is 176 Å². The molecular weight excluding hydrogens is 378 g/mol. The van der Waals surface area contributed by atoms with E-state index in [1.165, 1.54) is 5.56 Å². The number of hydrogen-bond acceptors (Lipinski definition) is 4. The first-order valence-corrected chi connectivity index (χ1v) is 10.3. The molecule has 0 spiro atoms. The lowest BCUT2D eigenvalue weighted by Crippen LogP contribution is -2.33. The number of amides is 1. The minimum absolute atomic E-state index is 0.0652. The highest BCUT2D eigenvalue weighted by Crippen LogP contribution is 2.29. The predicted octanol–water partition coefficient (Wildman–Crippen LogP) is 3.43. The van der Waals surface area contributed by atoms with Gasteiger partial charge in [-0.3, -0.25) is 9.48 Å². The molecule has 4 rings (SSSR count). The van der Waals surface area contributed by atoms with Crippen LogP contribution in [0.25, 0.3) is 0 Å². The van der Waals surface area contributed by atoms with Gasteiger partial charge < -0.3 is 14.7 Å². The molecule has 0 bridgehead atoms. The summed E-state index contributed by atoms with van der Waals surface area (Å²) in [6, 6.07) is 17.7. The average Bonchev–Trinajstić information content (AvgIpc) is 2.96. The summed E-state index contributed by atoms with van der Waals surface area (Å²) in [5.41, 5.74) is 4.35. The SMILES string of the molecule is Cc1cc(C(=O)N2CCOc3ccc([C@H](O)CCc4ccccc4)cc3C2)n(C)n1. The van der Waals surface area contributed by atoms with Crippen LogP contribution in [0.4, 0.5) is 0 Å². The molecule has 3 aromatic rings. The van der Waals surface area contributed by atoms with E-state index in [0.29, 0.717) is 31.8 Å². The molecule has 1 atom stereocenters. The molecule has 1 amide bonds. The van der Waals surface area contributed by atoms with Crippen molar-refractivity contribution in [2.45, 2.75) is 32.4 Å². The van der Waals surface area contributed by atoms with Gasteiger partial charge in [0.15, 0.2) is 0 Å². The molecule has 6 heteroatoms. The average molecular weight is 405 g/mol. The Morgan fingerprint density at radius 2 is 2.00 bits per heavy atom. The fourth-order valence-electron chi connectivity index (χ4n) is 3.88. The maximum absolute atomic E-state index is 13.0. The molecule has 2 aromatic carbocycles. The Balaban J connectivity index is 1.50. The number of ether oxygens (including phenoxy) is 1. The van der Waals surface area contributed by atoms with Crippen LogP contribution < -0.4 is 4.74 Å². The first-order valence-electron chi connectivity index (χ1n) is 10.3. The van der Waals surface area contributed by atoms with Crippen molar-refractivity contribution < 1.29 is 14.6 Å². The summed E-state index contributed by atoms with van der Waals surface area (Å²) in [5.74, 6) is 0.704. The Kier molecular flexibility index (Phi) is 5.86. The fourth-order valence-corrected chi connectivity index (χ4v) is 3.88. The lowest BCUT2D eigenvalue weighted by Gasteiger charge is -2.20. The second-order valence-electron chi connectivity index (χ2n) is 7.78. The van der Waals surface area contributed by atoms with Gasteiger partial charge in [-0.1, -0.05) is 36.4 Å². The Morgan fingerprint density at radius 3 is 2.73 bits per heavy atom. The zero-order valence-corrected chi connectivity index (χ0v) is 17.4. The monoisotopic (exact) mass is 405 g/mol. The second-order valence-corrected chi connectivity index (χ2v) is 7.78. The highest BCUT2D eigenvalue weighted by atomic mass is 16.5. The number of hydrogen-bond donors (Lipinski definition) is 1. The molecule has 1 N–H and O–H groups in total. The van der Waals surface area contributed by atoms with Crippen molar-refractivity contribution in [1.29, 1.82) is 0 Å². The van der Waals surface area contributed by atoms with Gasteiger partial charge >= 0.3 is 0 Å². The Morgan fingerprint density at radius 1 is 1.20 bits per heavy atom. The summed E-state index contributed by atoms with van der Waals surface area (Å²) in [4.78, 5) is 14.8. The quantitative estimate of drug-likeness (QED) is 0.706. The van der Waals surface area contributed by atoms with E-state index < -0.39 is 6.10 Å². The van der Waals surface area contributed by atoms with E-state index in [-0.39, 0.29) is 5.91 Å². The van der Waals surface area contributed by atoms with Crippen molar-refractivity contribution in [3.63, 3.8) is 0 Å². The minimum Gasteiger partial charge on any atom is -0.491 e. The van der Waals surface area contributed by atoms with Crippen LogP contribution in [0.2, 0.25) is 0 Å². The summed E-state index contributed by atoms with van der Waals surface area (Å²) in [5, 5.41) is 15.0. The summed E-state index contributed by atoms with van der Waals surface area (Å²) in [6.07, 6.45) is 0.878. The standard InChI is InChI=1S/C24H27N3O3/c1-17-14-21(26(2)25-17)24(29)27-12-13-30-23-11-9-19(15-20(23)16-27)22(28)10-8-18-6-4-3-5-7-18/h3-7,9,11,14-15,22,28H,8,10,12-13,16H2,1-2H3/t22-/m1/s1. The molecule has 0 fully saturated rings. The van der Waals surface area contributed by atoms with Gasteiger partial charge in [0.25, 0.3) is 5.91 Å². The number of aromatic nitrogens is 2. The van der Waals surface area contributed by atoms with Gasteiger partial charge in [-0.05, 0) is 49.1 Å². The lowest BCUT2D eigenvalue weighted by molar-refractivity contribution is 0.0722. The smallest absolute Gasteiger partial charge is 0.272 e. The number of benzene rings is 2. The van der Waals surface area contributed by atoms with Crippen molar-refractivity contribution in [3.05, 3.63) is 82.7 Å². The van der Waals surface area contributed by atoms with Gasteiger partial charge in [-0.2, -0.15) is 5.10 Å². The third-order valence-electron chi connectivity index (χ3n) is 5.51. The molecule has 0 unspecified atom stereocenters. The number of rotatable bonds is 5. The normalized spacial score (nSPS) is 14.6. The number of aryl methyl sites for hydroxylation is 3. The molecule has 0 saturated heterocycles. The molecule has 6 nitrogen and oxygen atoms in total. The topological polar surface area (TPSA) is 67.6 Å². The fraction of sp³-hybridized carbons (Fsp3) is 0.333. The molecule has 30 heavy (non-hydrogen) atoms. The number of nitrogens with zero attached hydrogens (tertiary/aromatic N) is 3. The first-order chi connectivity index (χ1) is 14.5. The number of carbonyl (C=O) groups is 1. The maximum Gasteiger partial charge on any atom is 0.272 e. The Hall–Kier alpha value is -3.12. The van der Waals surface area contributed by atoms with E-state index >= 15 is 0 Å². The summed E-state index contributed by atoms with van der Waals surface area (Å²) in [6.45, 7) is 3.26. The van der Waals surface area contributed by atoms with Crippen molar-refractivity contribution >= 4 is 5.91 Å². The van der Waals surface area contributed by atoms with E-state index in [1.807, 2.05) is 43.3 Å². The second kappa shape index (κ2) is 8.71. The molecule has 0 radical (unpaired) electrons. The predicted molar refractivity (Wildman–Crippen MR) is 114 cm³/mol. The number of fused-ring (bicyclic) bond motifs is 1. The van der Waals surface area contributed by atoms with E-state index in [2.05, 4.69) is 17.2 Å². The van der Waals surface area contributed by atoms with Crippen molar-refractivity contribution in [2.75, 3.05) is 13.2 Å². The molecule has 156 valence electrons. The third kappa shape index (κ3) is 4.39. The van der Waals surface area contributed by atoms with Crippen LogP contribution in [0.1, 0.15) is 45.4 Å². The highest BCUT2D eigenvalue weighted by molar-refractivity contribution is 5.92. The molecule has 0 aliphatic carbocycles. The van der Waals surface area contributed by atoms with Gasteiger partial charge in [0.05, 0.1) is 18.3 Å². The van der Waals surface area contributed by atoms with Crippen LogP contribution >= 0.6 is 0 Å². The summed E-state index contributed by atoms with van der Waals surface area (Å²) < 4.78 is 7.49.